The highest BCUT2D eigenvalue weighted by atomic mass is 127. The molecule has 1 aliphatic carbocycles. The molecule has 2 heterocycles. The Hall–Kier alpha value is -0.820. The van der Waals surface area contributed by atoms with Crippen molar-refractivity contribution < 1.29 is 4.74 Å². The van der Waals surface area contributed by atoms with Crippen LogP contribution in [0, 0.1) is 11.3 Å². The third-order valence-corrected chi connectivity index (χ3v) is 6.79. The van der Waals surface area contributed by atoms with Crippen molar-refractivity contribution in [3.8, 4) is 0 Å². The monoisotopic (exact) mass is 497 g/mol. The van der Waals surface area contributed by atoms with Crippen LogP contribution in [0.3, 0.4) is 0 Å². The van der Waals surface area contributed by atoms with Gasteiger partial charge in [0.1, 0.15) is 0 Å². The van der Waals surface area contributed by atoms with Gasteiger partial charge in [-0.1, -0.05) is 43.2 Å². The van der Waals surface area contributed by atoms with Crippen LogP contribution in [0.4, 0.5) is 0 Å². The van der Waals surface area contributed by atoms with Crippen LogP contribution >= 0.6 is 24.0 Å². The molecule has 3 aliphatic rings. The number of rotatable bonds is 4. The van der Waals surface area contributed by atoms with Crippen molar-refractivity contribution in [1.82, 2.24) is 10.2 Å². The smallest absolute Gasteiger partial charge is 0.193 e. The lowest BCUT2D eigenvalue weighted by molar-refractivity contribution is -0.0250. The highest BCUT2D eigenvalue weighted by Gasteiger charge is 2.41. The molecule has 0 amide bonds. The predicted octanol–water partition coefficient (Wildman–Crippen LogP) is 5.00. The van der Waals surface area contributed by atoms with E-state index in [9.17, 15) is 0 Å². The van der Waals surface area contributed by atoms with Crippen LogP contribution in [-0.4, -0.2) is 43.6 Å². The number of aliphatic imine (C=N–C) groups is 1. The Kier molecular flexibility index (Phi) is 8.03. The van der Waals surface area contributed by atoms with Crippen LogP contribution in [0.5, 0.6) is 0 Å². The van der Waals surface area contributed by atoms with Gasteiger partial charge < -0.3 is 15.0 Å². The number of benzene rings is 1. The van der Waals surface area contributed by atoms with E-state index in [1.54, 1.807) is 0 Å². The zero-order valence-electron chi connectivity index (χ0n) is 17.2. The lowest BCUT2D eigenvalue weighted by Gasteiger charge is -2.32. The zero-order chi connectivity index (χ0) is 18.5. The number of nitrogens with one attached hydrogen (secondary N) is 1. The Balaban J connectivity index is 0.00000225. The molecular formula is C23H36IN3O. The molecular weight excluding hydrogens is 461 g/mol. The van der Waals surface area contributed by atoms with Gasteiger partial charge >= 0.3 is 0 Å². The summed E-state index contributed by atoms with van der Waals surface area (Å²) >= 11 is 0. The minimum Gasteiger partial charge on any atom is -0.373 e. The van der Waals surface area contributed by atoms with Crippen molar-refractivity contribution in [3.63, 3.8) is 0 Å². The molecule has 1 spiro atoms. The normalized spacial score (nSPS) is 27.0. The van der Waals surface area contributed by atoms with Gasteiger partial charge in [0.05, 0.1) is 6.10 Å². The molecule has 0 radical (unpaired) electrons. The summed E-state index contributed by atoms with van der Waals surface area (Å²) in [5.41, 5.74) is 1.88. The van der Waals surface area contributed by atoms with E-state index in [1.807, 2.05) is 0 Å². The molecule has 28 heavy (non-hydrogen) atoms. The Morgan fingerprint density at radius 3 is 2.71 bits per heavy atom. The highest BCUT2D eigenvalue weighted by Crippen LogP contribution is 2.45. The van der Waals surface area contributed by atoms with E-state index in [0.29, 0.717) is 11.3 Å². The number of halogens is 1. The molecule has 1 aromatic carbocycles. The van der Waals surface area contributed by atoms with Gasteiger partial charge in [-0.15, -0.1) is 24.0 Å². The van der Waals surface area contributed by atoms with Gasteiger partial charge in [0.15, 0.2) is 5.96 Å². The summed E-state index contributed by atoms with van der Waals surface area (Å²) in [5, 5.41) is 3.56. The van der Waals surface area contributed by atoms with Gasteiger partial charge in [-0.05, 0) is 50.0 Å². The fourth-order valence-corrected chi connectivity index (χ4v) is 5.32. The van der Waals surface area contributed by atoms with Crippen molar-refractivity contribution in [2.45, 2.75) is 58.0 Å². The Bertz CT molecular complexity index is 630. The summed E-state index contributed by atoms with van der Waals surface area (Å²) in [7, 11) is 0. The molecule has 1 aromatic rings. The maximum Gasteiger partial charge on any atom is 0.193 e. The predicted molar refractivity (Wildman–Crippen MR) is 126 cm³/mol. The van der Waals surface area contributed by atoms with Gasteiger partial charge in [-0.2, -0.15) is 0 Å². The number of guanidine groups is 1. The van der Waals surface area contributed by atoms with Gasteiger partial charge in [-0.3, -0.25) is 4.99 Å². The summed E-state index contributed by atoms with van der Waals surface area (Å²) < 4.78 is 6.17. The summed E-state index contributed by atoms with van der Waals surface area (Å²) in [5.74, 6) is 1.59. The van der Waals surface area contributed by atoms with Crippen molar-refractivity contribution >= 4 is 29.9 Å². The molecule has 4 rings (SSSR count). The summed E-state index contributed by atoms with van der Waals surface area (Å²) in [6.07, 6.45) is 9.53. The van der Waals surface area contributed by atoms with E-state index < -0.39 is 0 Å². The van der Waals surface area contributed by atoms with Crippen molar-refractivity contribution in [2.75, 3.05) is 32.8 Å². The molecule has 2 saturated heterocycles. The van der Waals surface area contributed by atoms with E-state index in [4.69, 9.17) is 9.73 Å². The van der Waals surface area contributed by atoms with E-state index in [0.717, 1.165) is 38.6 Å². The number of likely N-dealkylation sites (tertiary alicyclic amines) is 1. The van der Waals surface area contributed by atoms with Gasteiger partial charge in [0.25, 0.3) is 0 Å². The number of nitrogens with zero attached hydrogens (tertiary/aromatic N) is 2. The van der Waals surface area contributed by atoms with E-state index in [2.05, 4.69) is 47.5 Å². The van der Waals surface area contributed by atoms with Crippen molar-refractivity contribution in [2.24, 2.45) is 16.3 Å². The van der Waals surface area contributed by atoms with Crippen LogP contribution in [0.15, 0.2) is 35.3 Å². The topological polar surface area (TPSA) is 36.9 Å². The average Bonchev–Trinajstić information content (AvgIpc) is 3.36. The standard InChI is InChI=1S/C23H35N3O.HI/c1-2-24-22(26-15-14-23(18-26)12-6-7-13-23)25-17-20-11-8-16-27-21(20)19-9-4-3-5-10-19;/h3-5,9-10,20-21H,2,6-8,11-18H2,1H3,(H,24,25);1H. The third-order valence-electron chi connectivity index (χ3n) is 6.79. The molecule has 0 bridgehead atoms. The lowest BCUT2D eigenvalue weighted by atomic mass is 9.86. The van der Waals surface area contributed by atoms with Crippen LogP contribution in [0.2, 0.25) is 0 Å². The molecule has 5 heteroatoms. The first kappa shape index (κ1) is 21.9. The van der Waals surface area contributed by atoms with Crippen molar-refractivity contribution in [1.29, 1.82) is 0 Å². The fraction of sp³-hybridized carbons (Fsp3) is 0.696. The fourth-order valence-electron chi connectivity index (χ4n) is 5.32. The summed E-state index contributed by atoms with van der Waals surface area (Å²) in [6, 6.07) is 10.7. The van der Waals surface area contributed by atoms with E-state index >= 15 is 0 Å². The second-order valence-corrected chi connectivity index (χ2v) is 8.68. The maximum absolute atomic E-state index is 6.17. The largest absolute Gasteiger partial charge is 0.373 e. The zero-order valence-corrected chi connectivity index (χ0v) is 19.6. The van der Waals surface area contributed by atoms with Gasteiger partial charge in [-0.25, -0.2) is 0 Å². The van der Waals surface area contributed by atoms with Gasteiger partial charge in [0, 0.05) is 38.7 Å². The molecule has 2 unspecified atom stereocenters. The summed E-state index contributed by atoms with van der Waals surface area (Å²) in [4.78, 5) is 7.62. The first-order chi connectivity index (χ1) is 13.3. The highest BCUT2D eigenvalue weighted by molar-refractivity contribution is 14.0. The minimum absolute atomic E-state index is 0. The van der Waals surface area contributed by atoms with E-state index in [1.165, 1.54) is 50.6 Å². The first-order valence-corrected chi connectivity index (χ1v) is 11.0. The quantitative estimate of drug-likeness (QED) is 0.361. The van der Waals surface area contributed by atoms with Gasteiger partial charge in [0.2, 0.25) is 0 Å². The van der Waals surface area contributed by atoms with Crippen LogP contribution in [0.25, 0.3) is 0 Å². The van der Waals surface area contributed by atoms with E-state index in [-0.39, 0.29) is 30.1 Å². The molecule has 156 valence electrons. The van der Waals surface area contributed by atoms with Crippen LogP contribution < -0.4 is 5.32 Å². The number of hydrogen-bond acceptors (Lipinski definition) is 2. The van der Waals surface area contributed by atoms with Crippen molar-refractivity contribution in [3.05, 3.63) is 35.9 Å². The molecule has 4 nitrogen and oxygen atoms in total. The minimum atomic E-state index is 0. The SMILES string of the molecule is CCNC(=NCC1CCCOC1c1ccccc1)N1CCC2(CCCC2)C1.I. The second kappa shape index (κ2) is 10.3. The third kappa shape index (κ3) is 5.02. The Labute approximate surface area is 187 Å². The molecule has 0 aromatic heterocycles. The Morgan fingerprint density at radius 2 is 1.96 bits per heavy atom. The molecule has 3 fully saturated rings. The first-order valence-electron chi connectivity index (χ1n) is 11.0. The molecule has 2 aliphatic heterocycles. The average molecular weight is 497 g/mol. The van der Waals surface area contributed by atoms with Crippen LogP contribution in [-0.2, 0) is 4.74 Å². The Morgan fingerprint density at radius 1 is 1.18 bits per heavy atom. The number of ether oxygens (including phenoxy) is 1. The number of hydrogen-bond donors (Lipinski definition) is 1. The molecule has 2 atom stereocenters. The lowest BCUT2D eigenvalue weighted by Crippen LogP contribution is -2.41. The second-order valence-electron chi connectivity index (χ2n) is 8.68. The molecule has 1 saturated carbocycles. The summed E-state index contributed by atoms with van der Waals surface area (Å²) in [6.45, 7) is 7.19. The maximum atomic E-state index is 6.17. The van der Waals surface area contributed by atoms with Crippen LogP contribution in [0.1, 0.15) is 63.5 Å². The molecule has 1 N–H and O–H groups in total.